The number of nitrogens with two attached hydrogens (primary N) is 1. The maximum absolute atomic E-state index is 11.7. The Balaban J connectivity index is 2.67. The van der Waals surface area contributed by atoms with Gasteiger partial charge in [0.15, 0.2) is 0 Å². The van der Waals surface area contributed by atoms with Crippen LogP contribution in [0, 0.1) is 11.3 Å². The Bertz CT molecular complexity index is 473. The molecule has 4 nitrogen and oxygen atoms in total. The average Bonchev–Trinajstić information content (AvgIpc) is 2.37. The van der Waals surface area contributed by atoms with Gasteiger partial charge >= 0.3 is 0 Å². The van der Waals surface area contributed by atoms with Crippen molar-refractivity contribution >= 4 is 35.0 Å². The van der Waals surface area contributed by atoms with Crippen LogP contribution >= 0.6 is 23.4 Å². The molecule has 1 atom stereocenters. The molecule has 1 aromatic rings. The number of thioether (sulfide) groups is 1. The molecule has 0 aliphatic carbocycles. The molecule has 3 N–H and O–H groups in total. The Kier molecular flexibility index (Phi) is 5.99. The summed E-state index contributed by atoms with van der Waals surface area (Å²) in [6.07, 6.45) is 2.58. The van der Waals surface area contributed by atoms with Gasteiger partial charge in [-0.2, -0.15) is 17.0 Å². The number of carbonyl (C=O) groups excluding carboxylic acids is 1. The van der Waals surface area contributed by atoms with Crippen molar-refractivity contribution in [2.45, 2.75) is 12.5 Å². The third-order valence-electron chi connectivity index (χ3n) is 2.32. The smallest absolute Gasteiger partial charge is 0.241 e. The summed E-state index contributed by atoms with van der Waals surface area (Å²) < 4.78 is 0. The predicted molar refractivity (Wildman–Crippen MR) is 75.8 cm³/mol. The van der Waals surface area contributed by atoms with E-state index in [0.29, 0.717) is 22.7 Å². The van der Waals surface area contributed by atoms with Gasteiger partial charge in [0.2, 0.25) is 5.91 Å². The fourth-order valence-electron chi connectivity index (χ4n) is 1.30. The second kappa shape index (κ2) is 7.27. The summed E-state index contributed by atoms with van der Waals surface area (Å²) >= 11 is 7.44. The fourth-order valence-corrected chi connectivity index (χ4v) is 1.95. The molecule has 0 saturated heterocycles. The van der Waals surface area contributed by atoms with Crippen molar-refractivity contribution in [1.82, 2.24) is 0 Å². The van der Waals surface area contributed by atoms with E-state index in [2.05, 4.69) is 5.32 Å². The molecule has 18 heavy (non-hydrogen) atoms. The van der Waals surface area contributed by atoms with E-state index in [-0.39, 0.29) is 5.91 Å². The summed E-state index contributed by atoms with van der Waals surface area (Å²) in [5.74, 6) is 0.578. The van der Waals surface area contributed by atoms with E-state index in [1.54, 1.807) is 23.9 Å². The highest BCUT2D eigenvalue weighted by Gasteiger charge is 2.13. The third kappa shape index (κ3) is 4.22. The van der Waals surface area contributed by atoms with E-state index in [0.717, 1.165) is 5.75 Å². The van der Waals surface area contributed by atoms with Gasteiger partial charge < -0.3 is 11.1 Å². The molecule has 0 radical (unpaired) electrons. The van der Waals surface area contributed by atoms with Crippen molar-refractivity contribution in [3.05, 3.63) is 28.8 Å². The molecular formula is C12H14ClN3OS. The summed E-state index contributed by atoms with van der Waals surface area (Å²) in [4.78, 5) is 11.7. The monoisotopic (exact) mass is 283 g/mol. The maximum Gasteiger partial charge on any atom is 0.241 e. The molecule has 0 fully saturated rings. The molecule has 1 aromatic carbocycles. The van der Waals surface area contributed by atoms with Crippen LogP contribution in [0.2, 0.25) is 5.02 Å². The van der Waals surface area contributed by atoms with E-state index >= 15 is 0 Å². The zero-order chi connectivity index (χ0) is 13.5. The average molecular weight is 284 g/mol. The van der Waals surface area contributed by atoms with Crippen molar-refractivity contribution in [3.63, 3.8) is 0 Å². The van der Waals surface area contributed by atoms with Crippen LogP contribution in [-0.2, 0) is 4.79 Å². The number of hydrogen-bond donors (Lipinski definition) is 2. The first-order valence-electron chi connectivity index (χ1n) is 5.33. The van der Waals surface area contributed by atoms with Crippen molar-refractivity contribution in [2.75, 3.05) is 17.3 Å². The molecule has 1 amide bonds. The lowest BCUT2D eigenvalue weighted by molar-refractivity contribution is -0.117. The first-order valence-corrected chi connectivity index (χ1v) is 7.10. The normalized spacial score (nSPS) is 11.7. The van der Waals surface area contributed by atoms with E-state index < -0.39 is 6.04 Å². The van der Waals surface area contributed by atoms with Crippen LogP contribution in [-0.4, -0.2) is 24.0 Å². The summed E-state index contributed by atoms with van der Waals surface area (Å²) in [5.41, 5.74) is 6.59. The van der Waals surface area contributed by atoms with Crippen LogP contribution in [0.4, 0.5) is 5.69 Å². The topological polar surface area (TPSA) is 78.9 Å². The Morgan fingerprint density at radius 3 is 3.00 bits per heavy atom. The van der Waals surface area contributed by atoms with Crippen LogP contribution in [0.1, 0.15) is 12.0 Å². The second-order valence-electron chi connectivity index (χ2n) is 3.68. The van der Waals surface area contributed by atoms with Crippen molar-refractivity contribution in [3.8, 4) is 6.07 Å². The summed E-state index contributed by atoms with van der Waals surface area (Å²) in [5, 5.41) is 11.9. The molecule has 0 aromatic heterocycles. The van der Waals surface area contributed by atoms with Gasteiger partial charge in [-0.3, -0.25) is 4.79 Å². The molecule has 0 unspecified atom stereocenters. The third-order valence-corrected chi connectivity index (χ3v) is 3.30. The molecule has 0 aliphatic heterocycles. The van der Waals surface area contributed by atoms with Crippen LogP contribution in [0.3, 0.4) is 0 Å². The number of benzene rings is 1. The van der Waals surface area contributed by atoms with Crippen LogP contribution in [0.5, 0.6) is 0 Å². The minimum atomic E-state index is -0.543. The summed E-state index contributed by atoms with van der Waals surface area (Å²) in [6, 6.07) is 6.15. The Hall–Kier alpha value is -1.22. The van der Waals surface area contributed by atoms with Gasteiger partial charge in [-0.25, -0.2) is 0 Å². The van der Waals surface area contributed by atoms with E-state index in [9.17, 15) is 4.79 Å². The zero-order valence-corrected chi connectivity index (χ0v) is 11.5. The number of halogens is 1. The largest absolute Gasteiger partial charge is 0.325 e. The van der Waals surface area contributed by atoms with Gasteiger partial charge in [-0.15, -0.1) is 0 Å². The first-order chi connectivity index (χ1) is 8.58. The van der Waals surface area contributed by atoms with Crippen molar-refractivity contribution < 1.29 is 4.79 Å². The lowest BCUT2D eigenvalue weighted by Gasteiger charge is -2.11. The molecule has 0 spiro atoms. The quantitative estimate of drug-likeness (QED) is 0.868. The number of nitriles is 1. The fraction of sp³-hybridized carbons (Fsp3) is 0.333. The number of hydrogen-bond acceptors (Lipinski definition) is 4. The summed E-state index contributed by atoms with van der Waals surface area (Å²) in [7, 11) is 0. The lowest BCUT2D eigenvalue weighted by atomic mass is 10.2. The van der Waals surface area contributed by atoms with E-state index in [4.69, 9.17) is 22.6 Å². The number of anilines is 1. The highest BCUT2D eigenvalue weighted by atomic mass is 35.5. The minimum Gasteiger partial charge on any atom is -0.325 e. The minimum absolute atomic E-state index is 0.254. The Morgan fingerprint density at radius 2 is 2.39 bits per heavy atom. The van der Waals surface area contributed by atoms with Crippen LogP contribution in [0.25, 0.3) is 0 Å². The maximum atomic E-state index is 11.7. The molecule has 0 heterocycles. The Morgan fingerprint density at radius 1 is 1.67 bits per heavy atom. The summed E-state index contributed by atoms with van der Waals surface area (Å²) in [6.45, 7) is 0. The molecule has 1 rings (SSSR count). The SMILES string of the molecule is CSCC[C@@H](N)C(=O)Nc1ccc(Cl)c(C#N)c1. The van der Waals surface area contributed by atoms with Gasteiger partial charge in [-0.05, 0) is 36.6 Å². The van der Waals surface area contributed by atoms with Crippen LogP contribution < -0.4 is 11.1 Å². The molecule has 0 bridgehead atoms. The van der Waals surface area contributed by atoms with E-state index in [1.807, 2.05) is 12.3 Å². The number of amides is 1. The van der Waals surface area contributed by atoms with Gasteiger partial charge in [-0.1, -0.05) is 11.6 Å². The second-order valence-corrected chi connectivity index (χ2v) is 5.08. The molecular weight excluding hydrogens is 270 g/mol. The van der Waals surface area contributed by atoms with Gasteiger partial charge in [0.25, 0.3) is 0 Å². The van der Waals surface area contributed by atoms with Crippen molar-refractivity contribution in [2.24, 2.45) is 5.73 Å². The number of rotatable bonds is 5. The van der Waals surface area contributed by atoms with Gasteiger partial charge in [0.1, 0.15) is 6.07 Å². The van der Waals surface area contributed by atoms with Gasteiger partial charge in [0, 0.05) is 5.69 Å². The first kappa shape index (κ1) is 14.8. The predicted octanol–water partition coefficient (Wildman–Crippen LogP) is 2.23. The van der Waals surface area contributed by atoms with Crippen molar-refractivity contribution in [1.29, 1.82) is 5.26 Å². The number of nitrogens with zero attached hydrogens (tertiary/aromatic N) is 1. The van der Waals surface area contributed by atoms with Crippen LogP contribution in [0.15, 0.2) is 18.2 Å². The standard InChI is InChI=1S/C12H14ClN3OS/c1-18-5-4-11(15)12(17)16-9-2-3-10(13)8(6-9)7-14/h2-3,6,11H,4-5,15H2,1H3,(H,16,17)/t11-/m1/s1. The number of carbonyl (C=O) groups is 1. The molecule has 6 heteroatoms. The highest BCUT2D eigenvalue weighted by molar-refractivity contribution is 7.98. The van der Waals surface area contributed by atoms with Gasteiger partial charge in [0.05, 0.1) is 16.6 Å². The number of nitrogens with one attached hydrogen (secondary N) is 1. The van der Waals surface area contributed by atoms with E-state index in [1.165, 1.54) is 6.07 Å². The molecule has 0 saturated carbocycles. The highest BCUT2D eigenvalue weighted by Crippen LogP contribution is 2.19. The lowest BCUT2D eigenvalue weighted by Crippen LogP contribution is -2.36. The molecule has 0 aliphatic rings. The molecule has 96 valence electrons. The Labute approximate surface area is 115 Å². The zero-order valence-electron chi connectivity index (χ0n) is 9.94.